The average molecular weight is 269 g/mol. The number of halogens is 1. The van der Waals surface area contributed by atoms with Crippen molar-refractivity contribution in [2.45, 2.75) is 26.7 Å². The Labute approximate surface area is 97.1 Å². The Hall–Kier alpha value is -0.340. The molecule has 0 radical (unpaired) electrons. The van der Waals surface area contributed by atoms with Crippen molar-refractivity contribution >= 4 is 37.4 Å². The Kier molecular flexibility index (Phi) is 2.93. The number of fused-ring (bicyclic) bond motifs is 1. The first-order valence-electron chi connectivity index (χ1n) is 4.95. The third-order valence-electron chi connectivity index (χ3n) is 2.51. The third-order valence-corrected chi connectivity index (χ3v) is 4.24. The van der Waals surface area contributed by atoms with Crippen LogP contribution in [0, 0.1) is 0 Å². The molecule has 0 aliphatic heterocycles. The number of hydrogen-bond donors (Lipinski definition) is 0. The van der Waals surface area contributed by atoms with Gasteiger partial charge in [-0.15, -0.1) is 11.3 Å². The monoisotopic (exact) mass is 268 g/mol. The third kappa shape index (κ3) is 1.73. The van der Waals surface area contributed by atoms with Crippen molar-refractivity contribution in [3.63, 3.8) is 0 Å². The summed E-state index contributed by atoms with van der Waals surface area (Å²) in [6.45, 7) is 4.43. The van der Waals surface area contributed by atoms with E-state index in [0.29, 0.717) is 0 Å². The van der Waals surface area contributed by atoms with E-state index in [2.05, 4.69) is 48.0 Å². The van der Waals surface area contributed by atoms with Crippen LogP contribution < -0.4 is 0 Å². The Balaban J connectivity index is 2.72. The maximum Gasteiger partial charge on any atom is 0.0711 e. The number of benzene rings is 1. The molecule has 0 saturated carbocycles. The van der Waals surface area contributed by atoms with E-state index >= 15 is 0 Å². The van der Waals surface area contributed by atoms with Crippen molar-refractivity contribution in [2.75, 3.05) is 0 Å². The molecule has 1 heterocycles. The van der Waals surface area contributed by atoms with Gasteiger partial charge in [-0.05, 0) is 51.4 Å². The van der Waals surface area contributed by atoms with E-state index in [9.17, 15) is 0 Å². The summed E-state index contributed by atoms with van der Waals surface area (Å²) in [5, 5.41) is 1.39. The molecule has 2 heteroatoms. The van der Waals surface area contributed by atoms with E-state index in [-0.39, 0.29) is 0 Å². The molecule has 0 fully saturated rings. The van der Waals surface area contributed by atoms with Gasteiger partial charge >= 0.3 is 0 Å². The van der Waals surface area contributed by atoms with E-state index in [1.54, 1.807) is 0 Å². The van der Waals surface area contributed by atoms with Crippen LogP contribution in [0.5, 0.6) is 0 Å². The molecule has 0 bridgehead atoms. The smallest absolute Gasteiger partial charge is 0.0711 e. The zero-order chi connectivity index (χ0) is 10.1. The average Bonchev–Trinajstić information content (AvgIpc) is 2.56. The highest BCUT2D eigenvalue weighted by Gasteiger charge is 2.05. The maximum absolute atomic E-state index is 3.55. The normalized spacial score (nSPS) is 11.1. The first-order chi connectivity index (χ1) is 6.74. The largest absolute Gasteiger partial charge is 0.128 e. The molecule has 0 saturated heterocycles. The molecule has 0 unspecified atom stereocenters. The first kappa shape index (κ1) is 10.2. The minimum atomic E-state index is 1.12. The fourth-order valence-corrected chi connectivity index (χ4v) is 3.41. The molecule has 0 atom stereocenters. The molecule has 74 valence electrons. The molecule has 1 aromatic carbocycles. The van der Waals surface area contributed by atoms with Crippen molar-refractivity contribution < 1.29 is 0 Å². The number of rotatable bonds is 2. The lowest BCUT2D eigenvalue weighted by Crippen LogP contribution is -1.85. The first-order valence-corrected chi connectivity index (χ1v) is 6.56. The minimum absolute atomic E-state index is 1.12. The molecule has 2 rings (SSSR count). The van der Waals surface area contributed by atoms with Crippen LogP contribution in [-0.2, 0) is 12.8 Å². The summed E-state index contributed by atoms with van der Waals surface area (Å²) >= 11 is 5.39. The Morgan fingerprint density at radius 1 is 1.14 bits per heavy atom. The maximum atomic E-state index is 3.55. The second-order valence-electron chi connectivity index (χ2n) is 3.43. The number of aryl methyl sites for hydroxylation is 2. The summed E-state index contributed by atoms with van der Waals surface area (Å²) in [7, 11) is 0. The van der Waals surface area contributed by atoms with Crippen LogP contribution in [0.4, 0.5) is 0 Å². The fourth-order valence-electron chi connectivity index (χ4n) is 1.73. The van der Waals surface area contributed by atoms with Crippen molar-refractivity contribution in [2.24, 2.45) is 0 Å². The summed E-state index contributed by atoms with van der Waals surface area (Å²) in [6.07, 6.45) is 2.24. The summed E-state index contributed by atoms with van der Waals surface area (Å²) in [5.74, 6) is 0. The van der Waals surface area contributed by atoms with Gasteiger partial charge in [0.15, 0.2) is 0 Å². The van der Waals surface area contributed by atoms with Crippen molar-refractivity contribution in [3.05, 3.63) is 33.1 Å². The molecule has 0 spiro atoms. The van der Waals surface area contributed by atoms with Gasteiger partial charge in [-0.3, -0.25) is 0 Å². The Bertz CT molecular complexity index is 457. The van der Waals surface area contributed by atoms with E-state index in [1.807, 2.05) is 11.3 Å². The quantitative estimate of drug-likeness (QED) is 0.735. The van der Waals surface area contributed by atoms with Gasteiger partial charge in [0, 0.05) is 4.70 Å². The van der Waals surface area contributed by atoms with Gasteiger partial charge in [0.2, 0.25) is 0 Å². The van der Waals surface area contributed by atoms with Gasteiger partial charge in [-0.2, -0.15) is 0 Å². The van der Waals surface area contributed by atoms with Crippen molar-refractivity contribution in [1.29, 1.82) is 0 Å². The summed E-state index contributed by atoms with van der Waals surface area (Å²) < 4.78 is 2.67. The zero-order valence-electron chi connectivity index (χ0n) is 8.43. The van der Waals surface area contributed by atoms with Gasteiger partial charge in [0.1, 0.15) is 0 Å². The predicted octanol–water partition coefficient (Wildman–Crippen LogP) is 4.79. The van der Waals surface area contributed by atoms with E-state index < -0.39 is 0 Å². The standard InChI is InChI=1S/C12H13BrS/c1-3-8-5-9(4-2)12-10(6-8)7-11(13)14-12/h5-7H,3-4H2,1-2H3. The highest BCUT2D eigenvalue weighted by molar-refractivity contribution is 9.11. The van der Waals surface area contributed by atoms with Gasteiger partial charge in [0.25, 0.3) is 0 Å². The van der Waals surface area contributed by atoms with E-state index in [0.717, 1.165) is 12.8 Å². The summed E-state index contributed by atoms with van der Waals surface area (Å²) in [4.78, 5) is 0. The Morgan fingerprint density at radius 3 is 2.57 bits per heavy atom. The molecule has 14 heavy (non-hydrogen) atoms. The molecule has 0 amide bonds. The zero-order valence-corrected chi connectivity index (χ0v) is 10.8. The van der Waals surface area contributed by atoms with Crippen molar-refractivity contribution in [3.8, 4) is 0 Å². The van der Waals surface area contributed by atoms with E-state index in [4.69, 9.17) is 0 Å². The SMILES string of the molecule is CCc1cc(CC)c2sc(Br)cc2c1. The molecule has 0 aliphatic rings. The lowest BCUT2D eigenvalue weighted by molar-refractivity contribution is 1.11. The highest BCUT2D eigenvalue weighted by Crippen LogP contribution is 2.33. The van der Waals surface area contributed by atoms with E-state index in [1.165, 1.54) is 25.0 Å². The summed E-state index contributed by atoms with van der Waals surface area (Å²) in [5.41, 5.74) is 2.93. The van der Waals surface area contributed by atoms with Gasteiger partial charge in [-0.1, -0.05) is 26.0 Å². The highest BCUT2D eigenvalue weighted by atomic mass is 79.9. The number of hydrogen-bond acceptors (Lipinski definition) is 1. The molecule has 0 aliphatic carbocycles. The Morgan fingerprint density at radius 2 is 1.93 bits per heavy atom. The summed E-state index contributed by atoms with van der Waals surface area (Å²) in [6, 6.07) is 6.86. The van der Waals surface area contributed by atoms with Gasteiger partial charge in [0.05, 0.1) is 3.79 Å². The van der Waals surface area contributed by atoms with Gasteiger partial charge < -0.3 is 0 Å². The molecule has 1 aromatic heterocycles. The van der Waals surface area contributed by atoms with Crippen LogP contribution in [0.2, 0.25) is 0 Å². The van der Waals surface area contributed by atoms with Crippen molar-refractivity contribution in [1.82, 2.24) is 0 Å². The molecular weight excluding hydrogens is 256 g/mol. The number of thiophene rings is 1. The van der Waals surface area contributed by atoms with Crippen LogP contribution >= 0.6 is 27.3 Å². The lowest BCUT2D eigenvalue weighted by Gasteiger charge is -2.03. The second-order valence-corrected chi connectivity index (χ2v) is 5.86. The molecule has 0 N–H and O–H groups in total. The van der Waals surface area contributed by atoms with Crippen LogP contribution in [0.25, 0.3) is 10.1 Å². The predicted molar refractivity (Wildman–Crippen MR) is 68.3 cm³/mol. The van der Waals surface area contributed by atoms with Crippen LogP contribution in [0.1, 0.15) is 25.0 Å². The van der Waals surface area contributed by atoms with Crippen LogP contribution in [0.15, 0.2) is 22.0 Å². The minimum Gasteiger partial charge on any atom is -0.128 e. The van der Waals surface area contributed by atoms with Gasteiger partial charge in [-0.25, -0.2) is 0 Å². The molecule has 2 aromatic rings. The fraction of sp³-hybridized carbons (Fsp3) is 0.333. The second kappa shape index (κ2) is 4.03. The lowest BCUT2D eigenvalue weighted by atomic mass is 10.0. The topological polar surface area (TPSA) is 0 Å². The van der Waals surface area contributed by atoms with Crippen LogP contribution in [0.3, 0.4) is 0 Å². The molecule has 0 nitrogen and oxygen atoms in total. The van der Waals surface area contributed by atoms with Crippen LogP contribution in [-0.4, -0.2) is 0 Å². The molecular formula is C12H13BrS.